The third-order valence-corrected chi connectivity index (χ3v) is 7.10. The lowest BCUT2D eigenvalue weighted by Crippen LogP contribution is -2.32. The Kier molecular flexibility index (Phi) is 3.97. The van der Waals surface area contributed by atoms with Gasteiger partial charge in [-0.05, 0) is 36.3 Å². The number of hydrogen-bond acceptors (Lipinski definition) is 3. The number of ketones is 1. The first kappa shape index (κ1) is 17.0. The first-order chi connectivity index (χ1) is 11.8. The molecule has 25 heavy (non-hydrogen) atoms. The summed E-state index contributed by atoms with van der Waals surface area (Å²) >= 11 is 12.9. The van der Waals surface area contributed by atoms with E-state index in [9.17, 15) is 14.4 Å². The molecule has 1 aromatic carbocycles. The second-order valence-electron chi connectivity index (χ2n) is 7.70. The molecule has 1 aliphatic heterocycles. The Morgan fingerprint density at radius 1 is 1.12 bits per heavy atom. The number of Topliss-reactive ketones (excluding diaryl/α,β-unsaturated/α-hetero) is 1. The summed E-state index contributed by atoms with van der Waals surface area (Å²) < 4.78 is 0. The van der Waals surface area contributed by atoms with Crippen molar-refractivity contribution in [3.63, 3.8) is 0 Å². The van der Waals surface area contributed by atoms with Gasteiger partial charge in [-0.15, -0.1) is 0 Å². The molecule has 2 unspecified atom stereocenters. The molecular weight excluding hydrogens is 361 g/mol. The highest BCUT2D eigenvalue weighted by Crippen LogP contribution is 2.52. The molecule has 4 rings (SSSR count). The van der Waals surface area contributed by atoms with Crippen LogP contribution in [-0.4, -0.2) is 17.6 Å². The lowest BCUT2D eigenvalue weighted by Gasteiger charge is -2.29. The van der Waals surface area contributed by atoms with Gasteiger partial charge in [0.1, 0.15) is 0 Å². The summed E-state index contributed by atoms with van der Waals surface area (Å²) in [4.78, 5) is 36.7. The number of carbonyl (C=O) groups is 3. The van der Waals surface area contributed by atoms with Crippen LogP contribution in [0.4, 0.5) is 0 Å². The topological polar surface area (TPSA) is 63.2 Å². The van der Waals surface area contributed by atoms with Gasteiger partial charge in [0.05, 0.1) is 16.0 Å². The van der Waals surface area contributed by atoms with Crippen LogP contribution in [-0.2, 0) is 16.0 Å². The number of amides is 2. The van der Waals surface area contributed by atoms with Crippen molar-refractivity contribution in [2.75, 3.05) is 0 Å². The Morgan fingerprint density at radius 2 is 1.80 bits per heavy atom. The molecule has 0 radical (unpaired) electrons. The molecule has 4 nitrogen and oxygen atoms in total. The maximum atomic E-state index is 13.2. The minimum atomic E-state index is -0.628. The number of fused-ring (bicyclic) bond motifs is 1. The van der Waals surface area contributed by atoms with E-state index in [1.54, 1.807) is 0 Å². The second kappa shape index (κ2) is 5.82. The molecule has 0 bridgehead atoms. The molecule has 2 aliphatic carbocycles. The number of halogens is 2. The van der Waals surface area contributed by atoms with Gasteiger partial charge in [-0.3, -0.25) is 19.7 Å². The van der Waals surface area contributed by atoms with Crippen molar-refractivity contribution >= 4 is 40.8 Å². The van der Waals surface area contributed by atoms with Gasteiger partial charge in [0.2, 0.25) is 11.8 Å². The predicted molar refractivity (Wildman–Crippen MR) is 95.1 cm³/mol. The summed E-state index contributed by atoms with van der Waals surface area (Å²) in [5.41, 5.74) is 1.47. The van der Waals surface area contributed by atoms with Crippen molar-refractivity contribution in [2.24, 2.45) is 11.3 Å². The van der Waals surface area contributed by atoms with E-state index in [2.05, 4.69) is 5.32 Å². The number of benzene rings is 1. The third-order valence-electron chi connectivity index (χ3n) is 6.22. The van der Waals surface area contributed by atoms with Crippen molar-refractivity contribution < 1.29 is 14.4 Å². The molecule has 1 saturated heterocycles. The standard InChI is InChI=1S/C19H19Cl2NO3/c1-19(10-4-2-3-5-10)8-9-6-11(12-7-13(23)22-18(12)25)15(20)16(21)14(9)17(19)24/h6,10,12H,2-5,7-8H2,1H3,(H,22,23,25). The zero-order valence-electron chi connectivity index (χ0n) is 14.0. The van der Waals surface area contributed by atoms with Gasteiger partial charge in [0.25, 0.3) is 0 Å². The molecule has 1 heterocycles. The molecule has 2 amide bonds. The van der Waals surface area contributed by atoms with E-state index >= 15 is 0 Å². The summed E-state index contributed by atoms with van der Waals surface area (Å²) in [5, 5.41) is 2.75. The summed E-state index contributed by atoms with van der Waals surface area (Å²) in [6.45, 7) is 2.03. The predicted octanol–water partition coefficient (Wildman–Crippen LogP) is 4.06. The average Bonchev–Trinajstić information content (AvgIpc) is 3.25. The van der Waals surface area contributed by atoms with Gasteiger partial charge in [-0.1, -0.05) is 49.0 Å². The molecule has 1 N–H and O–H groups in total. The lowest BCUT2D eigenvalue weighted by molar-refractivity contribution is -0.125. The lowest BCUT2D eigenvalue weighted by atomic mass is 9.73. The molecule has 2 atom stereocenters. The van der Waals surface area contributed by atoms with Crippen molar-refractivity contribution in [3.8, 4) is 0 Å². The van der Waals surface area contributed by atoms with Gasteiger partial charge >= 0.3 is 0 Å². The minimum absolute atomic E-state index is 0.0693. The average molecular weight is 380 g/mol. The summed E-state index contributed by atoms with van der Waals surface area (Å²) in [6, 6.07) is 1.82. The van der Waals surface area contributed by atoms with Crippen molar-refractivity contribution in [1.29, 1.82) is 0 Å². The second-order valence-corrected chi connectivity index (χ2v) is 8.46. The van der Waals surface area contributed by atoms with Gasteiger partial charge < -0.3 is 0 Å². The van der Waals surface area contributed by atoms with E-state index in [-0.39, 0.29) is 34.1 Å². The molecule has 132 valence electrons. The molecule has 6 heteroatoms. The van der Waals surface area contributed by atoms with Crippen LogP contribution < -0.4 is 5.32 Å². The van der Waals surface area contributed by atoms with E-state index in [0.29, 0.717) is 23.5 Å². The van der Waals surface area contributed by atoms with Gasteiger partial charge in [-0.2, -0.15) is 0 Å². The van der Waals surface area contributed by atoms with Gasteiger partial charge in [-0.25, -0.2) is 0 Å². The molecule has 2 fully saturated rings. The van der Waals surface area contributed by atoms with Crippen molar-refractivity contribution in [1.82, 2.24) is 5.32 Å². The fourth-order valence-corrected chi connectivity index (χ4v) is 5.40. The Labute approximate surface area is 156 Å². The summed E-state index contributed by atoms with van der Waals surface area (Å²) in [7, 11) is 0. The fourth-order valence-electron chi connectivity index (χ4n) is 4.80. The molecule has 1 saturated carbocycles. The molecule has 0 spiro atoms. The van der Waals surface area contributed by atoms with Crippen LogP contribution in [0.5, 0.6) is 0 Å². The zero-order chi connectivity index (χ0) is 17.9. The number of hydrogen-bond donors (Lipinski definition) is 1. The normalized spacial score (nSPS) is 29.4. The number of rotatable bonds is 2. The van der Waals surface area contributed by atoms with Crippen molar-refractivity contribution in [3.05, 3.63) is 32.8 Å². The van der Waals surface area contributed by atoms with Crippen LogP contribution in [0, 0.1) is 11.3 Å². The summed E-state index contributed by atoms with van der Waals surface area (Å²) in [6.07, 6.45) is 5.14. The Bertz CT molecular complexity index is 813. The molecule has 1 aromatic rings. The molecular formula is C19H19Cl2NO3. The maximum absolute atomic E-state index is 13.2. The van der Waals surface area contributed by atoms with E-state index in [1.165, 1.54) is 0 Å². The van der Waals surface area contributed by atoms with E-state index in [1.807, 2.05) is 13.0 Å². The largest absolute Gasteiger partial charge is 0.296 e. The maximum Gasteiger partial charge on any atom is 0.234 e. The Morgan fingerprint density at radius 3 is 2.40 bits per heavy atom. The Hall–Kier alpha value is -1.39. The van der Waals surface area contributed by atoms with Crippen molar-refractivity contribution in [2.45, 2.75) is 51.4 Å². The third kappa shape index (κ3) is 2.45. The SMILES string of the molecule is CC1(C2CCCC2)Cc2cc(C3CC(=O)NC3=O)c(Cl)c(Cl)c2C1=O. The summed E-state index contributed by atoms with van der Waals surface area (Å²) in [5.74, 6) is -0.863. The van der Waals surface area contributed by atoms with Crippen LogP contribution in [0.1, 0.15) is 66.4 Å². The van der Waals surface area contributed by atoms with E-state index < -0.39 is 11.3 Å². The van der Waals surface area contributed by atoms with Gasteiger partial charge in [0.15, 0.2) is 5.78 Å². The van der Waals surface area contributed by atoms with E-state index in [4.69, 9.17) is 23.2 Å². The minimum Gasteiger partial charge on any atom is -0.296 e. The van der Waals surface area contributed by atoms with E-state index in [0.717, 1.165) is 31.2 Å². The number of carbonyl (C=O) groups excluding carboxylic acids is 3. The van der Waals surface area contributed by atoms with Gasteiger partial charge in [0, 0.05) is 17.4 Å². The fraction of sp³-hybridized carbons (Fsp3) is 0.526. The zero-order valence-corrected chi connectivity index (χ0v) is 15.5. The quantitative estimate of drug-likeness (QED) is 0.787. The Balaban J connectivity index is 1.78. The first-order valence-electron chi connectivity index (χ1n) is 8.72. The monoisotopic (exact) mass is 379 g/mol. The highest BCUT2D eigenvalue weighted by atomic mass is 35.5. The van der Waals surface area contributed by atoms with Crippen LogP contribution in [0.2, 0.25) is 10.0 Å². The van der Waals surface area contributed by atoms with Crippen LogP contribution in [0.25, 0.3) is 0 Å². The van der Waals surface area contributed by atoms with Crippen LogP contribution in [0.3, 0.4) is 0 Å². The molecule has 3 aliphatic rings. The molecule has 0 aromatic heterocycles. The highest BCUT2D eigenvalue weighted by Gasteiger charge is 2.49. The highest BCUT2D eigenvalue weighted by molar-refractivity contribution is 6.45. The van der Waals surface area contributed by atoms with Crippen LogP contribution in [0.15, 0.2) is 6.07 Å². The number of nitrogens with one attached hydrogen (secondary N) is 1. The van der Waals surface area contributed by atoms with Crippen LogP contribution >= 0.6 is 23.2 Å². The first-order valence-corrected chi connectivity index (χ1v) is 9.48. The number of imide groups is 1. The smallest absolute Gasteiger partial charge is 0.234 e.